The first-order valence-electron chi connectivity index (χ1n) is 9.23. The minimum absolute atomic E-state index is 0.00432. The van der Waals surface area contributed by atoms with Crippen LogP contribution in [0.2, 0.25) is 0 Å². The number of aromatic nitrogens is 1. The molecule has 1 aliphatic heterocycles. The largest absolute Gasteiger partial charge is 0.417 e. The van der Waals surface area contributed by atoms with Crippen LogP contribution in [0.4, 0.5) is 0 Å². The Kier molecular flexibility index (Phi) is 4.59. The molecule has 0 spiro atoms. The predicted molar refractivity (Wildman–Crippen MR) is 98.7 cm³/mol. The van der Waals surface area contributed by atoms with Crippen LogP contribution in [0.3, 0.4) is 0 Å². The van der Waals surface area contributed by atoms with Gasteiger partial charge in [-0.25, -0.2) is 17.5 Å². The maximum Gasteiger partial charge on any atom is 0.417 e. The number of fused-ring (bicyclic) bond motifs is 1. The number of oxazole rings is 1. The Labute approximate surface area is 157 Å². The van der Waals surface area contributed by atoms with Crippen molar-refractivity contribution in [2.45, 2.75) is 43.0 Å². The molecule has 1 aromatic carbocycles. The lowest BCUT2D eigenvalue weighted by molar-refractivity contribution is -0.129. The van der Waals surface area contributed by atoms with E-state index in [1.165, 1.54) is 29.6 Å². The van der Waals surface area contributed by atoms with E-state index in [9.17, 15) is 18.0 Å². The lowest BCUT2D eigenvalue weighted by Crippen LogP contribution is -2.36. The topological polar surface area (TPSA) is 104 Å². The monoisotopic (exact) mass is 393 g/mol. The third-order valence-corrected chi connectivity index (χ3v) is 7.44. The molecule has 8 nitrogen and oxygen atoms in total. The van der Waals surface area contributed by atoms with Gasteiger partial charge in [0.2, 0.25) is 15.9 Å². The smallest absolute Gasteiger partial charge is 0.408 e. The fourth-order valence-corrected chi connectivity index (χ4v) is 5.51. The van der Waals surface area contributed by atoms with Gasteiger partial charge in [-0.2, -0.15) is 0 Å². The van der Waals surface area contributed by atoms with E-state index < -0.39 is 15.8 Å². The zero-order valence-corrected chi connectivity index (χ0v) is 16.0. The number of benzene rings is 1. The van der Waals surface area contributed by atoms with Gasteiger partial charge in [0, 0.05) is 32.6 Å². The summed E-state index contributed by atoms with van der Waals surface area (Å²) in [6.45, 7) is 0.911. The van der Waals surface area contributed by atoms with Crippen LogP contribution in [0, 0.1) is 5.92 Å². The minimum atomic E-state index is -3.72. The van der Waals surface area contributed by atoms with E-state index in [0.717, 1.165) is 25.7 Å². The highest BCUT2D eigenvalue weighted by Gasteiger charge is 2.37. The summed E-state index contributed by atoms with van der Waals surface area (Å²) >= 11 is 0. The van der Waals surface area contributed by atoms with E-state index >= 15 is 0 Å². The van der Waals surface area contributed by atoms with Crippen molar-refractivity contribution >= 4 is 27.0 Å². The molecule has 1 atom stereocenters. The van der Waals surface area contributed by atoms with Gasteiger partial charge in [-0.3, -0.25) is 9.78 Å². The molecule has 1 unspecified atom stereocenters. The van der Waals surface area contributed by atoms with Gasteiger partial charge >= 0.3 is 5.76 Å². The Bertz CT molecular complexity index is 1020. The molecule has 2 heterocycles. The summed E-state index contributed by atoms with van der Waals surface area (Å²) in [5.74, 6) is -0.491. The lowest BCUT2D eigenvalue weighted by Gasteiger charge is -2.25. The normalized spacial score (nSPS) is 21.8. The van der Waals surface area contributed by atoms with Crippen molar-refractivity contribution < 1.29 is 17.6 Å². The molecule has 146 valence electrons. The summed E-state index contributed by atoms with van der Waals surface area (Å²) in [6.07, 6.45) is 4.81. The fraction of sp³-hybridized carbons (Fsp3) is 0.556. The van der Waals surface area contributed by atoms with Crippen molar-refractivity contribution in [1.29, 1.82) is 0 Å². The molecule has 0 radical (unpaired) electrons. The van der Waals surface area contributed by atoms with Crippen molar-refractivity contribution in [2.75, 3.05) is 20.1 Å². The van der Waals surface area contributed by atoms with Crippen LogP contribution in [-0.4, -0.2) is 54.7 Å². The number of hydrogen-bond acceptors (Lipinski definition) is 5. The lowest BCUT2D eigenvalue weighted by atomic mass is 10.1. The van der Waals surface area contributed by atoms with Gasteiger partial charge in [0.15, 0.2) is 5.58 Å². The number of H-pyrrole nitrogens is 1. The van der Waals surface area contributed by atoms with Gasteiger partial charge in [0.25, 0.3) is 0 Å². The second kappa shape index (κ2) is 6.79. The maximum absolute atomic E-state index is 12.9. The van der Waals surface area contributed by atoms with Crippen molar-refractivity contribution in [3.8, 4) is 0 Å². The summed E-state index contributed by atoms with van der Waals surface area (Å²) in [5.41, 5.74) is 0.660. The van der Waals surface area contributed by atoms with Crippen LogP contribution in [0.5, 0.6) is 0 Å². The third-order valence-electron chi connectivity index (χ3n) is 5.62. The highest BCUT2D eigenvalue weighted by molar-refractivity contribution is 7.89. The molecule has 1 aromatic heterocycles. The summed E-state index contributed by atoms with van der Waals surface area (Å²) in [6, 6.07) is 4.62. The third kappa shape index (κ3) is 3.41. The van der Waals surface area contributed by atoms with Crippen molar-refractivity contribution in [3.05, 3.63) is 28.7 Å². The van der Waals surface area contributed by atoms with E-state index in [1.54, 1.807) is 0 Å². The number of likely N-dealkylation sites (tertiary alicyclic amines) is 1. The first-order chi connectivity index (χ1) is 12.8. The quantitative estimate of drug-likeness (QED) is 0.830. The van der Waals surface area contributed by atoms with Gasteiger partial charge in [-0.05, 0) is 37.0 Å². The molecule has 1 aliphatic carbocycles. The molecular weight excluding hydrogens is 370 g/mol. The summed E-state index contributed by atoms with van der Waals surface area (Å²) < 4.78 is 32.0. The Hall–Kier alpha value is -2.13. The molecule has 1 N–H and O–H groups in total. The van der Waals surface area contributed by atoms with Crippen LogP contribution < -0.4 is 5.76 Å². The Balaban J connectivity index is 1.48. The molecule has 27 heavy (non-hydrogen) atoms. The number of nitrogens with one attached hydrogen (secondary N) is 1. The highest BCUT2D eigenvalue weighted by Crippen LogP contribution is 2.30. The van der Waals surface area contributed by atoms with E-state index in [4.69, 9.17) is 4.42 Å². The van der Waals surface area contributed by atoms with Gasteiger partial charge in [0.05, 0.1) is 10.4 Å². The molecule has 9 heteroatoms. The standard InChI is InChI=1S/C18H23N3O5S/c1-20(10-12-8-17(22)21(11-12)13-4-2-3-5-13)27(24,25)14-6-7-16-15(9-14)19-18(23)26-16/h6-7,9,12-13H,2-5,8,10-11H2,1H3,(H,19,23). The fourth-order valence-electron chi connectivity index (χ4n) is 4.23. The van der Waals surface area contributed by atoms with Gasteiger partial charge in [0.1, 0.15) is 0 Å². The SMILES string of the molecule is CN(CC1CC(=O)N(C2CCCC2)C1)S(=O)(=O)c1ccc2oc(=O)[nH]c2c1. The van der Waals surface area contributed by atoms with Gasteiger partial charge in [-0.1, -0.05) is 12.8 Å². The zero-order chi connectivity index (χ0) is 19.2. The van der Waals surface area contributed by atoms with Crippen LogP contribution in [0.15, 0.2) is 32.3 Å². The second-order valence-corrected chi connectivity index (χ2v) is 9.56. The average molecular weight is 393 g/mol. The Morgan fingerprint density at radius 2 is 2.00 bits per heavy atom. The molecule has 2 aromatic rings. The van der Waals surface area contributed by atoms with Crippen LogP contribution in [0.1, 0.15) is 32.1 Å². The van der Waals surface area contributed by atoms with E-state index in [0.29, 0.717) is 30.1 Å². The molecule has 1 saturated heterocycles. The molecular formula is C18H23N3O5S. The zero-order valence-electron chi connectivity index (χ0n) is 15.2. The number of rotatable bonds is 5. The number of aromatic amines is 1. The van der Waals surface area contributed by atoms with Gasteiger partial charge < -0.3 is 9.32 Å². The van der Waals surface area contributed by atoms with Crippen LogP contribution in [0.25, 0.3) is 11.1 Å². The van der Waals surface area contributed by atoms with Crippen LogP contribution in [-0.2, 0) is 14.8 Å². The average Bonchev–Trinajstić information content (AvgIpc) is 3.32. The number of carbonyl (C=O) groups is 1. The molecule has 1 amide bonds. The molecule has 4 rings (SSSR count). The Morgan fingerprint density at radius 3 is 2.74 bits per heavy atom. The molecule has 2 fully saturated rings. The molecule has 1 saturated carbocycles. The highest BCUT2D eigenvalue weighted by atomic mass is 32.2. The summed E-state index contributed by atoms with van der Waals surface area (Å²) in [4.78, 5) is 28.1. The number of amides is 1. The Morgan fingerprint density at radius 1 is 1.26 bits per heavy atom. The summed E-state index contributed by atoms with van der Waals surface area (Å²) in [7, 11) is -2.19. The molecule has 0 bridgehead atoms. The van der Waals surface area contributed by atoms with Crippen molar-refractivity contribution in [2.24, 2.45) is 5.92 Å². The van der Waals surface area contributed by atoms with E-state index in [2.05, 4.69) is 4.98 Å². The predicted octanol–water partition coefficient (Wildman–Crippen LogP) is 1.53. The first-order valence-corrected chi connectivity index (χ1v) is 10.7. The van der Waals surface area contributed by atoms with Crippen molar-refractivity contribution in [3.63, 3.8) is 0 Å². The number of hydrogen-bond donors (Lipinski definition) is 1. The molecule has 2 aliphatic rings. The second-order valence-electron chi connectivity index (χ2n) is 7.51. The minimum Gasteiger partial charge on any atom is -0.408 e. The van der Waals surface area contributed by atoms with E-state index in [1.807, 2.05) is 4.90 Å². The van der Waals surface area contributed by atoms with Crippen LogP contribution >= 0.6 is 0 Å². The summed E-state index contributed by atoms with van der Waals surface area (Å²) in [5, 5.41) is 0. The van der Waals surface area contributed by atoms with Gasteiger partial charge in [-0.15, -0.1) is 0 Å². The number of nitrogens with zero attached hydrogens (tertiary/aromatic N) is 2. The van der Waals surface area contributed by atoms with E-state index in [-0.39, 0.29) is 23.3 Å². The number of carbonyl (C=O) groups excluding carboxylic acids is 1. The first kappa shape index (κ1) is 18.2. The van der Waals surface area contributed by atoms with Crippen molar-refractivity contribution in [1.82, 2.24) is 14.2 Å². The maximum atomic E-state index is 12.9. The number of sulfonamides is 1.